The molecule has 24 heavy (non-hydrogen) atoms. The summed E-state index contributed by atoms with van der Waals surface area (Å²) < 4.78 is 1.98. The van der Waals surface area contributed by atoms with Gasteiger partial charge >= 0.3 is 0 Å². The highest BCUT2D eigenvalue weighted by Crippen LogP contribution is 2.19. The maximum Gasteiger partial charge on any atom is 0.255 e. The van der Waals surface area contributed by atoms with E-state index in [1.165, 1.54) is 0 Å². The van der Waals surface area contributed by atoms with Crippen LogP contribution in [0.3, 0.4) is 0 Å². The van der Waals surface area contributed by atoms with Crippen LogP contribution in [0.15, 0.2) is 85.2 Å². The fraction of sp³-hybridized carbons (Fsp3) is 0. The molecule has 0 spiro atoms. The largest absolute Gasteiger partial charge is 0.322 e. The lowest BCUT2D eigenvalue weighted by Crippen LogP contribution is -2.12. The van der Waals surface area contributed by atoms with E-state index in [1.807, 2.05) is 77.4 Å². The number of para-hydroxylation sites is 3. The van der Waals surface area contributed by atoms with Gasteiger partial charge in [0.25, 0.3) is 5.91 Å². The molecule has 0 saturated carbocycles. The fourth-order valence-electron chi connectivity index (χ4n) is 2.69. The van der Waals surface area contributed by atoms with E-state index in [9.17, 15) is 4.79 Å². The molecule has 0 aliphatic carbocycles. The number of imidazole rings is 1. The Kier molecular flexibility index (Phi) is 3.56. The number of hydrogen-bond acceptors (Lipinski definition) is 2. The molecule has 0 fully saturated rings. The lowest BCUT2D eigenvalue weighted by atomic mass is 10.1. The maximum absolute atomic E-state index is 12.5. The van der Waals surface area contributed by atoms with Gasteiger partial charge in [-0.15, -0.1) is 0 Å². The van der Waals surface area contributed by atoms with E-state index >= 15 is 0 Å². The lowest BCUT2D eigenvalue weighted by molar-refractivity contribution is 0.102. The number of nitrogens with zero attached hydrogens (tertiary/aromatic N) is 2. The van der Waals surface area contributed by atoms with Gasteiger partial charge in [-0.2, -0.15) is 0 Å². The normalized spacial score (nSPS) is 10.7. The number of carbonyl (C=O) groups is 1. The molecule has 0 unspecified atom stereocenters. The highest BCUT2D eigenvalue weighted by molar-refractivity contribution is 6.04. The van der Waals surface area contributed by atoms with Gasteiger partial charge in [-0.05, 0) is 42.5 Å². The molecule has 0 aliphatic heterocycles. The van der Waals surface area contributed by atoms with Crippen LogP contribution in [0.4, 0.5) is 5.69 Å². The summed E-state index contributed by atoms with van der Waals surface area (Å²) in [5.41, 5.74) is 4.23. The molecule has 0 atom stereocenters. The molecule has 1 aromatic heterocycles. The number of fused-ring (bicyclic) bond motifs is 1. The van der Waals surface area contributed by atoms with Crippen LogP contribution in [0.1, 0.15) is 10.4 Å². The number of hydrogen-bond donors (Lipinski definition) is 1. The van der Waals surface area contributed by atoms with E-state index in [-0.39, 0.29) is 5.91 Å². The third kappa shape index (κ3) is 2.65. The number of nitrogens with one attached hydrogen (secondary N) is 1. The van der Waals surface area contributed by atoms with Gasteiger partial charge in [-0.3, -0.25) is 9.36 Å². The van der Waals surface area contributed by atoms with Gasteiger partial charge in [0.2, 0.25) is 0 Å². The summed E-state index contributed by atoms with van der Waals surface area (Å²) in [7, 11) is 0. The lowest BCUT2D eigenvalue weighted by Gasteiger charge is -2.08. The molecule has 1 N–H and O–H groups in total. The first-order valence-corrected chi connectivity index (χ1v) is 7.70. The first-order chi connectivity index (χ1) is 11.8. The number of benzene rings is 3. The summed E-state index contributed by atoms with van der Waals surface area (Å²) in [4.78, 5) is 16.9. The summed E-state index contributed by atoms with van der Waals surface area (Å²) in [6.45, 7) is 0. The summed E-state index contributed by atoms with van der Waals surface area (Å²) in [5, 5.41) is 2.90. The predicted octanol–water partition coefficient (Wildman–Crippen LogP) is 4.28. The quantitative estimate of drug-likeness (QED) is 0.614. The van der Waals surface area contributed by atoms with Gasteiger partial charge in [-0.1, -0.05) is 36.4 Å². The summed E-state index contributed by atoms with van der Waals surface area (Å²) in [6.07, 6.45) is 1.78. The average molecular weight is 313 g/mol. The van der Waals surface area contributed by atoms with Gasteiger partial charge in [0, 0.05) is 16.9 Å². The Morgan fingerprint density at radius 3 is 2.54 bits per heavy atom. The Bertz CT molecular complexity index is 1010. The van der Waals surface area contributed by atoms with Crippen LogP contribution < -0.4 is 5.32 Å². The van der Waals surface area contributed by atoms with Gasteiger partial charge in [0.1, 0.15) is 6.33 Å². The molecule has 4 rings (SSSR count). The first-order valence-electron chi connectivity index (χ1n) is 7.70. The molecule has 3 aromatic carbocycles. The molecule has 0 bridgehead atoms. The topological polar surface area (TPSA) is 46.9 Å². The number of carbonyl (C=O) groups excluding carboxylic acids is 1. The number of aromatic nitrogens is 2. The second-order valence-electron chi connectivity index (χ2n) is 5.47. The molecule has 0 radical (unpaired) electrons. The third-order valence-corrected chi connectivity index (χ3v) is 3.87. The van der Waals surface area contributed by atoms with Crippen molar-refractivity contribution in [3.8, 4) is 5.69 Å². The SMILES string of the molecule is O=C(Nc1ccccc1)c1cccc(-n2cnc3ccccc32)c1. The standard InChI is InChI=1S/C20H15N3O/c24-20(22-16-8-2-1-3-9-16)15-7-6-10-17(13-15)23-14-21-18-11-4-5-12-19(18)23/h1-14H,(H,22,24). The van der Waals surface area contributed by atoms with E-state index in [4.69, 9.17) is 0 Å². The van der Waals surface area contributed by atoms with Crippen LogP contribution in [0, 0.1) is 0 Å². The highest BCUT2D eigenvalue weighted by Gasteiger charge is 2.09. The summed E-state index contributed by atoms with van der Waals surface area (Å²) in [6, 6.07) is 24.9. The van der Waals surface area contributed by atoms with Gasteiger partial charge in [0.05, 0.1) is 11.0 Å². The van der Waals surface area contributed by atoms with Crippen molar-refractivity contribution >= 4 is 22.6 Å². The van der Waals surface area contributed by atoms with Crippen LogP contribution in [-0.2, 0) is 0 Å². The van der Waals surface area contributed by atoms with Crippen LogP contribution in [0.5, 0.6) is 0 Å². The minimum absolute atomic E-state index is 0.132. The second kappa shape index (κ2) is 6.01. The number of anilines is 1. The van der Waals surface area contributed by atoms with Crippen molar-refractivity contribution in [3.05, 3.63) is 90.8 Å². The van der Waals surface area contributed by atoms with Crippen LogP contribution in [-0.4, -0.2) is 15.5 Å². The maximum atomic E-state index is 12.5. The zero-order valence-corrected chi connectivity index (χ0v) is 12.9. The smallest absolute Gasteiger partial charge is 0.255 e. The van der Waals surface area contributed by atoms with Crippen LogP contribution in [0.2, 0.25) is 0 Å². The van der Waals surface area contributed by atoms with Gasteiger partial charge in [-0.25, -0.2) is 4.98 Å². The summed E-state index contributed by atoms with van der Waals surface area (Å²) >= 11 is 0. The van der Waals surface area contributed by atoms with Crippen molar-refractivity contribution < 1.29 is 4.79 Å². The Balaban J connectivity index is 1.68. The van der Waals surface area contributed by atoms with Crippen molar-refractivity contribution in [1.82, 2.24) is 9.55 Å². The first kappa shape index (κ1) is 14.2. The fourth-order valence-corrected chi connectivity index (χ4v) is 2.69. The third-order valence-electron chi connectivity index (χ3n) is 3.87. The minimum Gasteiger partial charge on any atom is -0.322 e. The van der Waals surface area contributed by atoms with E-state index in [2.05, 4.69) is 10.3 Å². The van der Waals surface area contributed by atoms with Crippen molar-refractivity contribution in [2.75, 3.05) is 5.32 Å². The monoisotopic (exact) mass is 313 g/mol. The number of amides is 1. The Hall–Kier alpha value is -3.40. The highest BCUT2D eigenvalue weighted by atomic mass is 16.1. The van der Waals surface area contributed by atoms with Crippen molar-refractivity contribution in [2.45, 2.75) is 0 Å². The zero-order valence-electron chi connectivity index (χ0n) is 12.9. The molecule has 1 amide bonds. The molecule has 0 aliphatic rings. The van der Waals surface area contributed by atoms with E-state index in [0.717, 1.165) is 22.4 Å². The number of rotatable bonds is 3. The molecule has 1 heterocycles. The van der Waals surface area contributed by atoms with Gasteiger partial charge < -0.3 is 5.32 Å². The zero-order chi connectivity index (χ0) is 16.4. The molecule has 4 aromatic rings. The molecule has 4 heteroatoms. The Morgan fingerprint density at radius 1 is 0.875 bits per heavy atom. The van der Waals surface area contributed by atoms with E-state index in [1.54, 1.807) is 12.4 Å². The summed E-state index contributed by atoms with van der Waals surface area (Å²) in [5.74, 6) is -0.132. The average Bonchev–Trinajstić information content (AvgIpc) is 3.07. The predicted molar refractivity (Wildman–Crippen MR) is 95.5 cm³/mol. The van der Waals surface area contributed by atoms with Crippen LogP contribution in [0.25, 0.3) is 16.7 Å². The van der Waals surface area contributed by atoms with Crippen LogP contribution >= 0.6 is 0 Å². The van der Waals surface area contributed by atoms with Gasteiger partial charge in [0.15, 0.2) is 0 Å². The van der Waals surface area contributed by atoms with Crippen molar-refractivity contribution in [1.29, 1.82) is 0 Å². The van der Waals surface area contributed by atoms with E-state index in [0.29, 0.717) is 5.56 Å². The molecule has 116 valence electrons. The molecule has 0 saturated heterocycles. The molecular formula is C20H15N3O. The molecular weight excluding hydrogens is 298 g/mol. The Labute approximate surface area is 139 Å². The van der Waals surface area contributed by atoms with Crippen molar-refractivity contribution in [3.63, 3.8) is 0 Å². The van der Waals surface area contributed by atoms with Crippen molar-refractivity contribution in [2.24, 2.45) is 0 Å². The Morgan fingerprint density at radius 2 is 1.67 bits per heavy atom. The second-order valence-corrected chi connectivity index (χ2v) is 5.47. The van der Waals surface area contributed by atoms with E-state index < -0.39 is 0 Å². The molecule has 4 nitrogen and oxygen atoms in total. The minimum atomic E-state index is -0.132.